The Morgan fingerprint density at radius 3 is 2.45 bits per heavy atom. The van der Waals surface area contributed by atoms with Gasteiger partial charge in [-0.15, -0.1) is 0 Å². The van der Waals surface area contributed by atoms with Gasteiger partial charge in [-0.3, -0.25) is 9.78 Å². The molecule has 2 aromatic carbocycles. The molecule has 1 aliphatic rings. The Labute approximate surface area is 223 Å². The Bertz CT molecular complexity index is 1450. The van der Waals surface area contributed by atoms with E-state index >= 15 is 0 Å². The van der Waals surface area contributed by atoms with E-state index in [0.29, 0.717) is 24.1 Å². The molecule has 1 heterocycles. The number of anilines is 1. The van der Waals surface area contributed by atoms with Crippen LogP contribution in [0, 0.1) is 29.3 Å². The molecular weight excluding hydrogens is 541 g/mol. The smallest absolute Gasteiger partial charge is 0.255 e. The van der Waals surface area contributed by atoms with Crippen molar-refractivity contribution >= 4 is 33.0 Å². The summed E-state index contributed by atoms with van der Waals surface area (Å²) in [4.78, 5) is 16.6. The van der Waals surface area contributed by atoms with Gasteiger partial charge in [0.05, 0.1) is 20.8 Å². The summed E-state index contributed by atoms with van der Waals surface area (Å²) in [5.41, 5.74) is -1.10. The van der Waals surface area contributed by atoms with Crippen molar-refractivity contribution in [2.24, 2.45) is 11.8 Å². The largest absolute Gasteiger partial charge is 0.385 e. The van der Waals surface area contributed by atoms with Gasteiger partial charge in [0.1, 0.15) is 0 Å². The van der Waals surface area contributed by atoms with Crippen LogP contribution in [-0.2, 0) is 15.4 Å². The van der Waals surface area contributed by atoms with E-state index in [1.54, 1.807) is 31.5 Å². The molecule has 6 nitrogen and oxygen atoms in total. The van der Waals surface area contributed by atoms with Gasteiger partial charge in [-0.05, 0) is 48.9 Å². The standard InChI is InChI=1S/C27H26ClF3N2O4S/c1-3-17-11-20(9-15(2)27(17,35)18-5-4-8-32-14-18)38(36,37)24-10-16(6-7-21(24)28)26(34)33-19-12-22(29)25(31)23(30)13-19/h4-8,10,12-15,17,20,35H,3,9,11H2,1-2H3,(H,33,34)/t15-,17?,20-,27-/m0/s1. The van der Waals surface area contributed by atoms with E-state index in [-0.39, 0.29) is 39.9 Å². The molecule has 11 heteroatoms. The van der Waals surface area contributed by atoms with Crippen LogP contribution in [0.25, 0.3) is 0 Å². The van der Waals surface area contributed by atoms with E-state index in [1.165, 1.54) is 12.1 Å². The summed E-state index contributed by atoms with van der Waals surface area (Å²) in [5, 5.41) is 13.0. The Morgan fingerprint density at radius 2 is 1.84 bits per heavy atom. The summed E-state index contributed by atoms with van der Waals surface area (Å²) >= 11 is 6.27. The molecule has 0 saturated heterocycles. The zero-order valence-electron chi connectivity index (χ0n) is 20.6. The third kappa shape index (κ3) is 5.04. The molecule has 3 aromatic rings. The first-order chi connectivity index (χ1) is 17.9. The maximum Gasteiger partial charge on any atom is 0.255 e. The molecule has 1 fully saturated rings. The fourth-order valence-electron chi connectivity index (χ4n) is 5.29. The minimum atomic E-state index is -4.06. The number of nitrogens with one attached hydrogen (secondary N) is 1. The highest BCUT2D eigenvalue weighted by Gasteiger charge is 2.50. The Kier molecular flexibility index (Phi) is 7.88. The summed E-state index contributed by atoms with van der Waals surface area (Å²) < 4.78 is 67.9. The van der Waals surface area contributed by atoms with Crippen LogP contribution < -0.4 is 5.32 Å². The van der Waals surface area contributed by atoms with Crippen LogP contribution in [0.2, 0.25) is 5.02 Å². The van der Waals surface area contributed by atoms with Gasteiger partial charge in [0, 0.05) is 41.3 Å². The van der Waals surface area contributed by atoms with Crippen LogP contribution in [-0.4, -0.2) is 29.7 Å². The third-order valence-electron chi connectivity index (χ3n) is 7.33. The first-order valence-corrected chi connectivity index (χ1v) is 13.9. The fraction of sp³-hybridized carbons (Fsp3) is 0.333. The normalized spacial score (nSPS) is 23.7. The number of rotatable bonds is 6. The molecule has 0 spiro atoms. The molecule has 202 valence electrons. The predicted molar refractivity (Wildman–Crippen MR) is 137 cm³/mol. The van der Waals surface area contributed by atoms with Crippen LogP contribution in [0.4, 0.5) is 18.9 Å². The second-order valence-electron chi connectivity index (χ2n) is 9.56. The first-order valence-electron chi connectivity index (χ1n) is 12.0. The Balaban J connectivity index is 1.63. The van der Waals surface area contributed by atoms with Gasteiger partial charge in [-0.25, -0.2) is 21.6 Å². The number of aromatic nitrogens is 1. The Hall–Kier alpha value is -2.95. The van der Waals surface area contributed by atoms with E-state index < -0.39 is 50.0 Å². The molecule has 38 heavy (non-hydrogen) atoms. The molecule has 1 saturated carbocycles. The van der Waals surface area contributed by atoms with Crippen molar-refractivity contribution in [3.05, 3.63) is 88.5 Å². The lowest BCUT2D eigenvalue weighted by Crippen LogP contribution is -2.49. The molecule has 1 unspecified atom stereocenters. The minimum Gasteiger partial charge on any atom is -0.385 e. The number of amides is 1. The SMILES string of the molecule is CCC1C[C@@H](S(=O)(=O)c2cc(C(=O)Nc3cc(F)c(F)c(F)c3)ccc2Cl)C[C@H](C)[C@@]1(O)c1cccnc1. The number of aliphatic hydroxyl groups is 1. The fourth-order valence-corrected chi connectivity index (χ4v) is 7.75. The number of halogens is 4. The summed E-state index contributed by atoms with van der Waals surface area (Å²) in [7, 11) is -4.06. The van der Waals surface area contributed by atoms with Crippen LogP contribution in [0.1, 0.15) is 49.0 Å². The van der Waals surface area contributed by atoms with E-state index in [2.05, 4.69) is 10.3 Å². The van der Waals surface area contributed by atoms with E-state index in [4.69, 9.17) is 11.6 Å². The number of hydrogen-bond donors (Lipinski definition) is 2. The molecule has 2 N–H and O–H groups in total. The minimum absolute atomic E-state index is 0.0887. The quantitative estimate of drug-likeness (QED) is 0.363. The monoisotopic (exact) mass is 566 g/mol. The molecule has 0 bridgehead atoms. The second kappa shape index (κ2) is 10.7. The number of benzene rings is 2. The summed E-state index contributed by atoms with van der Waals surface area (Å²) in [6, 6.07) is 8.36. The van der Waals surface area contributed by atoms with Crippen molar-refractivity contribution in [3.63, 3.8) is 0 Å². The third-order valence-corrected chi connectivity index (χ3v) is 9.99. The van der Waals surface area contributed by atoms with Crippen molar-refractivity contribution in [3.8, 4) is 0 Å². The van der Waals surface area contributed by atoms with Crippen LogP contribution in [0.3, 0.4) is 0 Å². The zero-order chi connectivity index (χ0) is 27.8. The van der Waals surface area contributed by atoms with Crippen molar-refractivity contribution in [1.82, 2.24) is 4.98 Å². The van der Waals surface area contributed by atoms with Gasteiger partial charge >= 0.3 is 0 Å². The van der Waals surface area contributed by atoms with Crippen molar-refractivity contribution < 1.29 is 31.5 Å². The average molecular weight is 567 g/mol. The second-order valence-corrected chi connectivity index (χ2v) is 12.2. The van der Waals surface area contributed by atoms with E-state index in [9.17, 15) is 31.5 Å². The highest BCUT2D eigenvalue weighted by atomic mass is 35.5. The highest BCUT2D eigenvalue weighted by Crippen LogP contribution is 2.49. The Morgan fingerprint density at radius 1 is 1.16 bits per heavy atom. The lowest BCUT2D eigenvalue weighted by Gasteiger charge is -2.47. The molecule has 1 amide bonds. The lowest BCUT2D eigenvalue weighted by atomic mass is 9.65. The number of nitrogens with zero attached hydrogens (tertiary/aromatic N) is 1. The highest BCUT2D eigenvalue weighted by molar-refractivity contribution is 7.92. The van der Waals surface area contributed by atoms with E-state index in [0.717, 1.165) is 6.07 Å². The number of carbonyl (C=O) groups is 1. The van der Waals surface area contributed by atoms with Crippen molar-refractivity contribution in [2.45, 2.75) is 48.9 Å². The maximum absolute atomic E-state index is 13.8. The topological polar surface area (TPSA) is 96.4 Å². The average Bonchev–Trinajstić information content (AvgIpc) is 2.89. The van der Waals surface area contributed by atoms with Gasteiger partial charge in [-0.1, -0.05) is 37.9 Å². The summed E-state index contributed by atoms with van der Waals surface area (Å²) in [6.45, 7) is 3.68. The van der Waals surface area contributed by atoms with Gasteiger partial charge in [0.2, 0.25) is 0 Å². The van der Waals surface area contributed by atoms with Crippen LogP contribution >= 0.6 is 11.6 Å². The molecular formula is C27H26ClF3N2O4S. The molecule has 0 radical (unpaired) electrons. The number of carbonyl (C=O) groups excluding carboxylic acids is 1. The number of sulfone groups is 1. The van der Waals surface area contributed by atoms with Gasteiger partial charge in [0.25, 0.3) is 5.91 Å². The van der Waals surface area contributed by atoms with Gasteiger partial charge < -0.3 is 10.4 Å². The van der Waals surface area contributed by atoms with Crippen molar-refractivity contribution in [1.29, 1.82) is 0 Å². The predicted octanol–water partition coefficient (Wildman–Crippen LogP) is 5.89. The first kappa shape index (κ1) is 28.1. The number of pyridine rings is 1. The van der Waals surface area contributed by atoms with Gasteiger partial charge in [-0.2, -0.15) is 0 Å². The van der Waals surface area contributed by atoms with E-state index in [1.807, 2.05) is 6.92 Å². The van der Waals surface area contributed by atoms with Crippen LogP contribution in [0.15, 0.2) is 59.8 Å². The summed E-state index contributed by atoms with van der Waals surface area (Å²) in [6.07, 6.45) is 4.01. The lowest BCUT2D eigenvalue weighted by molar-refractivity contribution is -0.0960. The molecule has 1 aromatic heterocycles. The zero-order valence-corrected chi connectivity index (χ0v) is 22.2. The molecule has 4 atom stereocenters. The summed E-state index contributed by atoms with van der Waals surface area (Å²) in [5.74, 6) is -6.32. The molecule has 1 aliphatic carbocycles. The molecule has 4 rings (SSSR count). The van der Waals surface area contributed by atoms with Crippen LogP contribution in [0.5, 0.6) is 0 Å². The van der Waals surface area contributed by atoms with Crippen molar-refractivity contribution in [2.75, 3.05) is 5.32 Å². The molecule has 0 aliphatic heterocycles. The maximum atomic E-state index is 13.8. The number of hydrogen-bond acceptors (Lipinski definition) is 5. The van der Waals surface area contributed by atoms with Gasteiger partial charge in [0.15, 0.2) is 27.3 Å².